The van der Waals surface area contributed by atoms with Crippen LogP contribution in [0.15, 0.2) is 30.7 Å². The first kappa shape index (κ1) is 19.6. The Labute approximate surface area is 153 Å². The highest BCUT2D eigenvalue weighted by Gasteiger charge is 2.18. The van der Waals surface area contributed by atoms with Crippen LogP contribution < -0.4 is 15.4 Å². The molecule has 3 N–H and O–H groups in total. The van der Waals surface area contributed by atoms with Gasteiger partial charge in [-0.1, -0.05) is 0 Å². The van der Waals surface area contributed by atoms with Crippen LogP contribution in [-0.2, 0) is 4.74 Å². The van der Waals surface area contributed by atoms with Crippen LogP contribution in [0, 0.1) is 0 Å². The van der Waals surface area contributed by atoms with E-state index in [1.165, 1.54) is 0 Å². The fourth-order valence-electron chi connectivity index (χ4n) is 2.27. The molecule has 0 unspecified atom stereocenters. The van der Waals surface area contributed by atoms with Crippen molar-refractivity contribution in [3.05, 3.63) is 36.3 Å². The number of nitrogens with zero attached hydrogens (tertiary/aromatic N) is 2. The van der Waals surface area contributed by atoms with E-state index in [4.69, 9.17) is 9.47 Å². The summed E-state index contributed by atoms with van der Waals surface area (Å²) in [4.78, 5) is 15.9. The van der Waals surface area contributed by atoms with Gasteiger partial charge in [-0.05, 0) is 46.8 Å². The molecule has 0 radical (unpaired) electrons. The molecule has 0 saturated carbocycles. The zero-order valence-corrected chi connectivity index (χ0v) is 15.9. The zero-order chi connectivity index (χ0) is 19.2. The number of anilines is 1. The van der Waals surface area contributed by atoms with Crippen molar-refractivity contribution in [3.8, 4) is 5.75 Å². The minimum atomic E-state index is -0.528. The summed E-state index contributed by atoms with van der Waals surface area (Å²) in [6.45, 7) is 9.69. The molecule has 2 aromatic rings. The highest BCUT2D eigenvalue weighted by atomic mass is 16.6. The Morgan fingerprint density at radius 2 is 2.04 bits per heavy atom. The molecular weight excluding hydrogens is 334 g/mol. The maximum absolute atomic E-state index is 11.8. The van der Waals surface area contributed by atoms with Crippen molar-refractivity contribution in [1.82, 2.24) is 20.5 Å². The molecule has 0 fully saturated rings. The molecule has 26 heavy (non-hydrogen) atoms. The highest BCUT2D eigenvalue weighted by molar-refractivity contribution is 5.67. The number of pyridine rings is 1. The third-order valence-electron chi connectivity index (χ3n) is 3.41. The van der Waals surface area contributed by atoms with Gasteiger partial charge in [0.05, 0.1) is 18.8 Å². The fraction of sp³-hybridized carbons (Fsp3) is 0.500. The van der Waals surface area contributed by atoms with Crippen LogP contribution in [0.5, 0.6) is 5.75 Å². The lowest BCUT2D eigenvalue weighted by Gasteiger charge is -2.23. The Morgan fingerprint density at radius 3 is 2.69 bits per heavy atom. The van der Waals surface area contributed by atoms with E-state index < -0.39 is 11.7 Å². The number of amides is 1. The van der Waals surface area contributed by atoms with E-state index in [0.29, 0.717) is 12.3 Å². The summed E-state index contributed by atoms with van der Waals surface area (Å²) in [5, 5.41) is 12.8. The van der Waals surface area contributed by atoms with Crippen LogP contribution in [0.25, 0.3) is 0 Å². The predicted octanol–water partition coefficient (Wildman–Crippen LogP) is 3.27. The second kappa shape index (κ2) is 8.55. The predicted molar refractivity (Wildman–Crippen MR) is 99.2 cm³/mol. The van der Waals surface area contributed by atoms with Crippen LogP contribution in [-0.4, -0.2) is 39.5 Å². The Balaban J connectivity index is 1.93. The summed E-state index contributed by atoms with van der Waals surface area (Å²) in [5.74, 6) is 1.52. The monoisotopic (exact) mass is 361 g/mol. The lowest BCUT2D eigenvalue weighted by Crippen LogP contribution is -2.37. The van der Waals surface area contributed by atoms with Gasteiger partial charge in [-0.3, -0.25) is 10.1 Å². The number of carbonyl (C=O) groups excluding carboxylic acids is 1. The highest BCUT2D eigenvalue weighted by Crippen LogP contribution is 2.27. The van der Waals surface area contributed by atoms with E-state index >= 15 is 0 Å². The average molecular weight is 361 g/mol. The molecule has 1 amide bonds. The van der Waals surface area contributed by atoms with Gasteiger partial charge >= 0.3 is 6.09 Å². The van der Waals surface area contributed by atoms with E-state index in [2.05, 4.69) is 25.8 Å². The van der Waals surface area contributed by atoms with Gasteiger partial charge < -0.3 is 20.1 Å². The summed E-state index contributed by atoms with van der Waals surface area (Å²) < 4.78 is 11.2. The van der Waals surface area contributed by atoms with Gasteiger partial charge in [-0.2, -0.15) is 5.10 Å². The normalized spacial score (nSPS) is 13.6. The second-order valence-corrected chi connectivity index (χ2v) is 7.06. The quantitative estimate of drug-likeness (QED) is 0.700. The van der Waals surface area contributed by atoms with Crippen LogP contribution in [0.2, 0.25) is 0 Å². The topological polar surface area (TPSA) is 101 Å². The standard InChI is InChI=1S/C18H27N5O3/c1-12(10-20-17(24)26-18(3,4)5)25-15-6-8-19-11-14(15)13(2)22-16-7-9-21-23-16/h6-9,11-13H,10H2,1-5H3,(H,20,24)(H2,21,22,23)/t12-,13+/m0/s1. The van der Waals surface area contributed by atoms with Gasteiger partial charge in [0.1, 0.15) is 23.3 Å². The number of hydrogen-bond acceptors (Lipinski definition) is 6. The van der Waals surface area contributed by atoms with Crippen molar-refractivity contribution in [2.45, 2.75) is 52.4 Å². The number of carbonyl (C=O) groups is 1. The van der Waals surface area contributed by atoms with Crippen molar-refractivity contribution in [2.24, 2.45) is 0 Å². The first-order valence-corrected chi connectivity index (χ1v) is 8.58. The van der Waals surface area contributed by atoms with Gasteiger partial charge in [0.2, 0.25) is 0 Å². The summed E-state index contributed by atoms with van der Waals surface area (Å²) >= 11 is 0. The Hall–Kier alpha value is -2.77. The number of nitrogens with one attached hydrogen (secondary N) is 3. The molecule has 0 aromatic carbocycles. The summed E-state index contributed by atoms with van der Waals surface area (Å²) in [7, 11) is 0. The van der Waals surface area contributed by atoms with Crippen LogP contribution in [0.4, 0.5) is 10.6 Å². The number of alkyl carbamates (subject to hydrolysis) is 1. The number of aromatic nitrogens is 3. The summed E-state index contributed by atoms with van der Waals surface area (Å²) in [6.07, 6.45) is 4.42. The zero-order valence-electron chi connectivity index (χ0n) is 15.9. The number of aromatic amines is 1. The molecule has 142 valence electrons. The Bertz CT molecular complexity index is 697. The van der Waals surface area contributed by atoms with Crippen LogP contribution in [0.1, 0.15) is 46.2 Å². The maximum atomic E-state index is 11.8. The molecule has 0 aliphatic rings. The lowest BCUT2D eigenvalue weighted by molar-refractivity contribution is 0.0504. The van der Waals surface area contributed by atoms with Crippen molar-refractivity contribution in [1.29, 1.82) is 0 Å². The van der Waals surface area contributed by atoms with Gasteiger partial charge in [-0.25, -0.2) is 4.79 Å². The maximum Gasteiger partial charge on any atom is 0.407 e. The third-order valence-corrected chi connectivity index (χ3v) is 3.41. The Morgan fingerprint density at radius 1 is 1.27 bits per heavy atom. The fourth-order valence-corrected chi connectivity index (χ4v) is 2.27. The van der Waals surface area contributed by atoms with Gasteiger partial charge in [0.15, 0.2) is 0 Å². The molecule has 8 nitrogen and oxygen atoms in total. The molecule has 0 aliphatic carbocycles. The van der Waals surface area contributed by atoms with Gasteiger partial charge in [0, 0.05) is 18.0 Å². The van der Waals surface area contributed by atoms with E-state index in [9.17, 15) is 4.79 Å². The smallest absolute Gasteiger partial charge is 0.407 e. The first-order chi connectivity index (χ1) is 12.2. The van der Waals surface area contributed by atoms with Crippen LogP contribution >= 0.6 is 0 Å². The molecule has 0 spiro atoms. The van der Waals surface area contributed by atoms with E-state index in [0.717, 1.165) is 11.4 Å². The van der Waals surface area contributed by atoms with E-state index in [1.54, 1.807) is 18.6 Å². The molecule has 0 aliphatic heterocycles. The molecule has 2 heterocycles. The van der Waals surface area contributed by atoms with Crippen molar-refractivity contribution >= 4 is 11.9 Å². The number of rotatable bonds is 7. The van der Waals surface area contributed by atoms with Gasteiger partial charge in [0.25, 0.3) is 0 Å². The molecule has 2 aromatic heterocycles. The van der Waals surface area contributed by atoms with Crippen molar-refractivity contribution in [3.63, 3.8) is 0 Å². The molecule has 2 atom stereocenters. The number of ether oxygens (including phenoxy) is 2. The number of H-pyrrole nitrogens is 1. The van der Waals surface area contributed by atoms with Gasteiger partial charge in [-0.15, -0.1) is 0 Å². The second-order valence-electron chi connectivity index (χ2n) is 7.06. The van der Waals surface area contributed by atoms with Crippen LogP contribution in [0.3, 0.4) is 0 Å². The molecule has 2 rings (SSSR count). The van der Waals surface area contributed by atoms with Crippen molar-refractivity contribution < 1.29 is 14.3 Å². The lowest BCUT2D eigenvalue weighted by atomic mass is 10.1. The SMILES string of the molecule is C[C@@H](CNC(=O)OC(C)(C)C)Oc1ccncc1[C@@H](C)Nc1ccn[nH]1. The molecule has 0 saturated heterocycles. The molecular formula is C18H27N5O3. The summed E-state index contributed by atoms with van der Waals surface area (Å²) in [6, 6.07) is 3.62. The molecule has 8 heteroatoms. The molecule has 0 bridgehead atoms. The largest absolute Gasteiger partial charge is 0.488 e. The van der Waals surface area contributed by atoms with E-state index in [1.807, 2.05) is 46.8 Å². The minimum Gasteiger partial charge on any atom is -0.488 e. The summed E-state index contributed by atoms with van der Waals surface area (Å²) in [5.41, 5.74) is 0.381. The minimum absolute atomic E-state index is 0.0369. The van der Waals surface area contributed by atoms with E-state index in [-0.39, 0.29) is 12.1 Å². The first-order valence-electron chi connectivity index (χ1n) is 8.58. The van der Waals surface area contributed by atoms with Crippen molar-refractivity contribution in [2.75, 3.05) is 11.9 Å². The Kier molecular flexibility index (Phi) is 6.43. The third kappa shape index (κ3) is 6.27. The average Bonchev–Trinajstić information content (AvgIpc) is 3.05. The number of hydrogen-bond donors (Lipinski definition) is 3.